The van der Waals surface area contributed by atoms with Crippen LogP contribution in [0.1, 0.15) is 17.5 Å². The van der Waals surface area contributed by atoms with Gasteiger partial charge in [0.25, 0.3) is 0 Å². The molecule has 2 nitrogen and oxygen atoms in total. The van der Waals surface area contributed by atoms with E-state index in [2.05, 4.69) is 0 Å². The molecule has 0 amide bonds. The third-order valence-corrected chi connectivity index (χ3v) is 2.02. The van der Waals surface area contributed by atoms with E-state index in [4.69, 9.17) is 11.1 Å². The van der Waals surface area contributed by atoms with E-state index >= 15 is 0 Å². The van der Waals surface area contributed by atoms with E-state index in [1.807, 2.05) is 0 Å². The summed E-state index contributed by atoms with van der Waals surface area (Å²) in [5, 5.41) is 6.94. The number of aryl methyl sites for hydroxylation is 1. The quantitative estimate of drug-likeness (QED) is 0.471. The third-order valence-electron chi connectivity index (χ3n) is 2.02. The van der Waals surface area contributed by atoms with Gasteiger partial charge >= 0.3 is 6.18 Å². The summed E-state index contributed by atoms with van der Waals surface area (Å²) in [4.78, 5) is 0. The van der Waals surface area contributed by atoms with Crippen LogP contribution in [0.3, 0.4) is 0 Å². The minimum Gasteiger partial charge on any atom is -0.388 e. The zero-order valence-electron chi connectivity index (χ0n) is 8.24. The first-order chi connectivity index (χ1) is 7.30. The number of nitrogens with one attached hydrogen (secondary N) is 1. The van der Waals surface area contributed by atoms with Crippen molar-refractivity contribution in [3.63, 3.8) is 0 Å². The van der Waals surface area contributed by atoms with Gasteiger partial charge in [-0.25, -0.2) is 4.39 Å². The lowest BCUT2D eigenvalue weighted by Gasteiger charge is -2.09. The van der Waals surface area contributed by atoms with E-state index < -0.39 is 17.6 Å². The maximum absolute atomic E-state index is 12.9. The van der Waals surface area contributed by atoms with Gasteiger partial charge in [-0.1, -0.05) is 6.07 Å². The van der Waals surface area contributed by atoms with Gasteiger partial charge < -0.3 is 5.73 Å². The molecule has 1 aromatic rings. The fourth-order valence-electron chi connectivity index (χ4n) is 1.22. The van der Waals surface area contributed by atoms with E-state index in [0.29, 0.717) is 5.56 Å². The largest absolute Gasteiger partial charge is 0.419 e. The first kappa shape index (κ1) is 12.5. The average Bonchev–Trinajstić information content (AvgIpc) is 2.14. The van der Waals surface area contributed by atoms with Gasteiger partial charge in [-0.2, -0.15) is 13.2 Å². The Bertz CT molecular complexity index is 398. The van der Waals surface area contributed by atoms with Crippen molar-refractivity contribution in [3.8, 4) is 0 Å². The van der Waals surface area contributed by atoms with Crippen LogP contribution < -0.4 is 5.73 Å². The second-order valence-corrected chi connectivity index (χ2v) is 3.34. The van der Waals surface area contributed by atoms with Crippen LogP contribution in [-0.4, -0.2) is 5.84 Å². The Morgan fingerprint density at radius 2 is 1.94 bits per heavy atom. The summed E-state index contributed by atoms with van der Waals surface area (Å²) in [6.45, 7) is 0. The predicted molar refractivity (Wildman–Crippen MR) is 51.6 cm³/mol. The summed E-state index contributed by atoms with van der Waals surface area (Å²) < 4.78 is 49.8. The molecule has 16 heavy (non-hydrogen) atoms. The number of rotatable bonds is 3. The zero-order valence-corrected chi connectivity index (χ0v) is 8.24. The van der Waals surface area contributed by atoms with Crippen LogP contribution in [0, 0.1) is 11.2 Å². The second kappa shape index (κ2) is 4.51. The highest BCUT2D eigenvalue weighted by Gasteiger charge is 2.34. The van der Waals surface area contributed by atoms with Crippen molar-refractivity contribution < 1.29 is 17.6 Å². The van der Waals surface area contributed by atoms with Crippen molar-refractivity contribution >= 4 is 5.84 Å². The monoisotopic (exact) mass is 234 g/mol. The molecule has 0 spiro atoms. The van der Waals surface area contributed by atoms with Gasteiger partial charge in [0.2, 0.25) is 0 Å². The van der Waals surface area contributed by atoms with Crippen molar-refractivity contribution in [3.05, 3.63) is 35.1 Å². The van der Waals surface area contributed by atoms with Crippen LogP contribution in [0.15, 0.2) is 18.2 Å². The lowest BCUT2D eigenvalue weighted by Crippen LogP contribution is -2.12. The lowest BCUT2D eigenvalue weighted by atomic mass is 10.1. The molecule has 6 heteroatoms. The number of amidine groups is 1. The first-order valence-corrected chi connectivity index (χ1v) is 4.49. The Morgan fingerprint density at radius 1 is 1.31 bits per heavy atom. The van der Waals surface area contributed by atoms with Crippen LogP contribution in [0.5, 0.6) is 0 Å². The Labute approximate surface area is 89.6 Å². The van der Waals surface area contributed by atoms with E-state index in [0.717, 1.165) is 12.1 Å². The zero-order chi connectivity index (χ0) is 12.3. The molecule has 0 bridgehead atoms. The van der Waals surface area contributed by atoms with Crippen molar-refractivity contribution in [2.75, 3.05) is 0 Å². The summed E-state index contributed by atoms with van der Waals surface area (Å²) in [7, 11) is 0. The minimum atomic E-state index is -4.70. The van der Waals surface area contributed by atoms with Gasteiger partial charge in [0.05, 0.1) is 11.4 Å². The predicted octanol–water partition coefficient (Wildman–Crippen LogP) is 2.71. The molecule has 1 rings (SSSR count). The summed E-state index contributed by atoms with van der Waals surface area (Å²) in [6.07, 6.45) is -4.35. The highest BCUT2D eigenvalue weighted by atomic mass is 19.4. The molecule has 0 saturated carbocycles. The molecule has 88 valence electrons. The fourth-order valence-corrected chi connectivity index (χ4v) is 1.22. The van der Waals surface area contributed by atoms with Gasteiger partial charge in [0.1, 0.15) is 5.82 Å². The summed E-state index contributed by atoms with van der Waals surface area (Å²) in [6, 6.07) is 2.78. The smallest absolute Gasteiger partial charge is 0.388 e. The molecule has 0 unspecified atom stereocenters. The number of halogens is 4. The van der Waals surface area contributed by atoms with Gasteiger partial charge in [-0.05, 0) is 24.1 Å². The first-order valence-electron chi connectivity index (χ1n) is 4.49. The molecule has 0 heterocycles. The van der Waals surface area contributed by atoms with E-state index in [9.17, 15) is 17.6 Å². The average molecular weight is 234 g/mol. The fraction of sp³-hybridized carbons (Fsp3) is 0.300. The topological polar surface area (TPSA) is 49.9 Å². The van der Waals surface area contributed by atoms with E-state index in [-0.39, 0.29) is 18.7 Å². The van der Waals surface area contributed by atoms with Gasteiger partial charge in [-0.15, -0.1) is 0 Å². The van der Waals surface area contributed by atoms with Crippen LogP contribution in [-0.2, 0) is 12.6 Å². The molecule has 0 atom stereocenters. The second-order valence-electron chi connectivity index (χ2n) is 3.34. The molecule has 0 radical (unpaired) electrons. The molecule has 0 saturated heterocycles. The maximum atomic E-state index is 12.9. The van der Waals surface area contributed by atoms with Crippen molar-refractivity contribution in [2.45, 2.75) is 19.0 Å². The van der Waals surface area contributed by atoms with Crippen LogP contribution in [0.2, 0.25) is 0 Å². The minimum absolute atomic E-state index is 0.113. The molecular weight excluding hydrogens is 224 g/mol. The molecule has 0 aliphatic rings. The molecule has 0 aromatic heterocycles. The maximum Gasteiger partial charge on any atom is 0.419 e. The molecular formula is C10H10F4N2. The highest BCUT2D eigenvalue weighted by Crippen LogP contribution is 2.32. The molecule has 0 fully saturated rings. The normalized spacial score (nSPS) is 11.5. The molecule has 0 aliphatic heterocycles. The molecule has 3 N–H and O–H groups in total. The number of benzene rings is 1. The lowest BCUT2D eigenvalue weighted by molar-refractivity contribution is -0.140. The summed E-state index contributed by atoms with van der Waals surface area (Å²) in [5.74, 6) is -1.41. The summed E-state index contributed by atoms with van der Waals surface area (Å²) >= 11 is 0. The van der Waals surface area contributed by atoms with Crippen LogP contribution in [0.25, 0.3) is 0 Å². The number of nitrogens with two attached hydrogens (primary N) is 1. The highest BCUT2D eigenvalue weighted by molar-refractivity contribution is 5.77. The van der Waals surface area contributed by atoms with E-state index in [1.165, 1.54) is 6.07 Å². The van der Waals surface area contributed by atoms with E-state index in [1.54, 1.807) is 0 Å². The number of hydrogen-bond acceptors (Lipinski definition) is 1. The number of hydrogen-bond donors (Lipinski definition) is 2. The Hall–Kier alpha value is -1.59. The Balaban J connectivity index is 2.94. The van der Waals surface area contributed by atoms with Crippen molar-refractivity contribution in [1.82, 2.24) is 0 Å². The van der Waals surface area contributed by atoms with Crippen molar-refractivity contribution in [2.24, 2.45) is 5.73 Å². The van der Waals surface area contributed by atoms with Crippen LogP contribution >= 0.6 is 0 Å². The summed E-state index contributed by atoms with van der Waals surface area (Å²) in [5.41, 5.74) is 4.11. The third kappa shape index (κ3) is 3.22. The molecule has 0 aliphatic carbocycles. The standard InChI is InChI=1S/C10H10F4N2/c11-8-3-1-6(2-4-9(15)16)5-7(8)10(12,13)14/h1,3,5H,2,4H2,(H3,15,16). The Morgan fingerprint density at radius 3 is 2.44 bits per heavy atom. The van der Waals surface area contributed by atoms with Crippen molar-refractivity contribution in [1.29, 1.82) is 5.41 Å². The number of alkyl halides is 3. The van der Waals surface area contributed by atoms with Gasteiger partial charge in [0, 0.05) is 6.42 Å². The van der Waals surface area contributed by atoms with Gasteiger partial charge in [-0.3, -0.25) is 5.41 Å². The van der Waals surface area contributed by atoms with Crippen LogP contribution in [0.4, 0.5) is 17.6 Å². The Kier molecular flexibility index (Phi) is 3.51. The molecule has 1 aromatic carbocycles. The van der Waals surface area contributed by atoms with Gasteiger partial charge in [0.15, 0.2) is 0 Å². The SMILES string of the molecule is N=C(N)CCc1ccc(F)c(C(F)(F)F)c1.